The van der Waals surface area contributed by atoms with Crippen molar-refractivity contribution in [1.82, 2.24) is 24.6 Å². The van der Waals surface area contributed by atoms with Gasteiger partial charge in [-0.2, -0.15) is 5.10 Å². The average molecular weight is 316 g/mol. The molecule has 2 amide bonds. The minimum atomic E-state index is -0.551. The first-order chi connectivity index (χ1) is 11.1. The van der Waals surface area contributed by atoms with Crippen molar-refractivity contribution in [3.8, 4) is 0 Å². The zero-order valence-corrected chi connectivity index (χ0v) is 13.0. The first kappa shape index (κ1) is 15.3. The minimum absolute atomic E-state index is 0.0716. The van der Waals surface area contributed by atoms with Crippen molar-refractivity contribution in [1.29, 1.82) is 0 Å². The first-order valence-corrected chi connectivity index (χ1v) is 7.67. The molecule has 0 bridgehead atoms. The van der Waals surface area contributed by atoms with E-state index in [1.54, 1.807) is 29.4 Å². The number of carbonyl (C=O) groups excluding carboxylic acids is 2. The molecule has 0 saturated carbocycles. The molecular formula is C15H20N6O2. The van der Waals surface area contributed by atoms with Crippen LogP contribution in [0.4, 0.5) is 0 Å². The molecule has 1 aliphatic rings. The number of carbonyl (C=O) groups is 2. The van der Waals surface area contributed by atoms with Crippen molar-refractivity contribution < 1.29 is 9.59 Å². The van der Waals surface area contributed by atoms with Gasteiger partial charge in [0.25, 0.3) is 5.91 Å². The number of piperidine rings is 1. The molecule has 3 heterocycles. The van der Waals surface area contributed by atoms with E-state index in [0.717, 1.165) is 25.1 Å². The predicted octanol–water partition coefficient (Wildman–Crippen LogP) is 0.672. The van der Waals surface area contributed by atoms with Gasteiger partial charge in [0.1, 0.15) is 11.7 Å². The summed E-state index contributed by atoms with van der Waals surface area (Å²) >= 11 is 0. The molecule has 2 aromatic rings. The topological polar surface area (TPSA) is 110 Å². The van der Waals surface area contributed by atoms with E-state index < -0.39 is 5.91 Å². The highest BCUT2D eigenvalue weighted by Crippen LogP contribution is 2.27. The Morgan fingerprint density at radius 1 is 1.48 bits per heavy atom. The maximum atomic E-state index is 12.7. The van der Waals surface area contributed by atoms with E-state index in [9.17, 15) is 9.59 Å². The number of rotatable bonds is 4. The van der Waals surface area contributed by atoms with Gasteiger partial charge >= 0.3 is 0 Å². The van der Waals surface area contributed by atoms with Crippen LogP contribution in [0.1, 0.15) is 47.9 Å². The monoisotopic (exact) mass is 316 g/mol. The Labute approximate surface area is 133 Å². The number of nitrogens with zero attached hydrogens (tertiary/aromatic N) is 4. The molecule has 8 nitrogen and oxygen atoms in total. The maximum absolute atomic E-state index is 12.7. The van der Waals surface area contributed by atoms with Crippen LogP contribution in [0.3, 0.4) is 0 Å². The smallest absolute Gasteiger partial charge is 0.269 e. The van der Waals surface area contributed by atoms with E-state index in [1.165, 1.54) is 0 Å². The molecule has 1 saturated heterocycles. The molecule has 1 fully saturated rings. The second kappa shape index (κ2) is 6.23. The maximum Gasteiger partial charge on any atom is 0.269 e. The summed E-state index contributed by atoms with van der Waals surface area (Å²) in [4.78, 5) is 29.7. The summed E-state index contributed by atoms with van der Waals surface area (Å²) in [5.41, 5.74) is 6.32. The summed E-state index contributed by atoms with van der Waals surface area (Å²) < 4.78 is 1.80. The lowest BCUT2D eigenvalue weighted by molar-refractivity contribution is -0.135. The van der Waals surface area contributed by atoms with Crippen LogP contribution in [-0.4, -0.2) is 49.6 Å². The number of aromatic amines is 1. The molecule has 1 aliphatic heterocycles. The standard InChI is InChI=1S/C15H20N6O2/c1-10(21-6-4-17-9-21)15(23)20-5-2-3-11(8-20)12-7-13(14(16)22)19-18-12/h4,6-7,9-11H,2-3,5,8H2,1H3,(H2,16,22)(H,18,19). The number of nitrogens with two attached hydrogens (primary N) is 1. The Hall–Kier alpha value is -2.64. The van der Waals surface area contributed by atoms with Gasteiger partial charge < -0.3 is 15.2 Å². The second-order valence-corrected chi connectivity index (χ2v) is 5.88. The Morgan fingerprint density at radius 2 is 2.30 bits per heavy atom. The van der Waals surface area contributed by atoms with Gasteiger partial charge in [-0.15, -0.1) is 0 Å². The van der Waals surface area contributed by atoms with Gasteiger partial charge in [0, 0.05) is 37.1 Å². The summed E-state index contributed by atoms with van der Waals surface area (Å²) in [6, 6.07) is 1.40. The fourth-order valence-electron chi connectivity index (χ4n) is 2.99. The average Bonchev–Trinajstić information content (AvgIpc) is 3.25. The van der Waals surface area contributed by atoms with Crippen LogP contribution in [0.2, 0.25) is 0 Å². The number of amides is 2. The van der Waals surface area contributed by atoms with Gasteiger partial charge in [-0.1, -0.05) is 0 Å². The highest BCUT2D eigenvalue weighted by atomic mass is 16.2. The molecular weight excluding hydrogens is 296 g/mol. The fourth-order valence-corrected chi connectivity index (χ4v) is 2.99. The van der Waals surface area contributed by atoms with Crippen molar-refractivity contribution in [2.75, 3.05) is 13.1 Å². The lowest BCUT2D eigenvalue weighted by atomic mass is 9.94. The summed E-state index contributed by atoms with van der Waals surface area (Å²) in [5.74, 6) is -0.337. The fraction of sp³-hybridized carbons (Fsp3) is 0.467. The Morgan fingerprint density at radius 3 is 2.96 bits per heavy atom. The molecule has 3 N–H and O–H groups in total. The van der Waals surface area contributed by atoms with Crippen molar-refractivity contribution in [2.24, 2.45) is 5.73 Å². The zero-order chi connectivity index (χ0) is 16.4. The third-order valence-corrected chi connectivity index (χ3v) is 4.35. The Bertz CT molecular complexity index is 693. The first-order valence-electron chi connectivity index (χ1n) is 7.67. The molecule has 0 aliphatic carbocycles. The van der Waals surface area contributed by atoms with Crippen LogP contribution < -0.4 is 5.73 Å². The van der Waals surface area contributed by atoms with E-state index >= 15 is 0 Å². The van der Waals surface area contributed by atoms with Gasteiger partial charge in [-0.25, -0.2) is 4.98 Å². The minimum Gasteiger partial charge on any atom is -0.364 e. The number of nitrogens with one attached hydrogen (secondary N) is 1. The number of hydrogen-bond acceptors (Lipinski definition) is 4. The normalized spacial score (nSPS) is 19.5. The van der Waals surface area contributed by atoms with Crippen molar-refractivity contribution >= 4 is 11.8 Å². The zero-order valence-electron chi connectivity index (χ0n) is 13.0. The largest absolute Gasteiger partial charge is 0.364 e. The van der Waals surface area contributed by atoms with Gasteiger partial charge in [0.2, 0.25) is 5.91 Å². The summed E-state index contributed by atoms with van der Waals surface area (Å²) in [7, 11) is 0. The van der Waals surface area contributed by atoms with Crippen molar-refractivity contribution in [3.05, 3.63) is 36.2 Å². The summed E-state index contributed by atoms with van der Waals surface area (Å²) in [6.07, 6.45) is 6.97. The number of primary amides is 1. The third-order valence-electron chi connectivity index (χ3n) is 4.35. The third kappa shape index (κ3) is 3.10. The van der Waals surface area contributed by atoms with Crippen LogP contribution >= 0.6 is 0 Å². The van der Waals surface area contributed by atoms with Crippen molar-refractivity contribution in [3.63, 3.8) is 0 Å². The highest BCUT2D eigenvalue weighted by molar-refractivity contribution is 5.90. The quantitative estimate of drug-likeness (QED) is 0.863. The molecule has 0 aromatic carbocycles. The molecule has 2 aromatic heterocycles. The Balaban J connectivity index is 1.70. The van der Waals surface area contributed by atoms with Crippen molar-refractivity contribution in [2.45, 2.75) is 31.7 Å². The summed E-state index contributed by atoms with van der Waals surface area (Å²) in [6.45, 7) is 3.22. The molecule has 0 radical (unpaired) electrons. The lowest BCUT2D eigenvalue weighted by Crippen LogP contribution is -2.42. The van der Waals surface area contributed by atoms with Gasteiger partial charge in [0.05, 0.1) is 6.33 Å². The highest BCUT2D eigenvalue weighted by Gasteiger charge is 2.29. The lowest BCUT2D eigenvalue weighted by Gasteiger charge is -2.34. The van der Waals surface area contributed by atoms with E-state index in [4.69, 9.17) is 5.73 Å². The molecule has 3 rings (SSSR count). The molecule has 122 valence electrons. The number of imidazole rings is 1. The van der Waals surface area contributed by atoms with Gasteiger partial charge in [-0.3, -0.25) is 14.7 Å². The van der Waals surface area contributed by atoms with Gasteiger partial charge in [0.15, 0.2) is 0 Å². The number of hydrogen-bond donors (Lipinski definition) is 2. The molecule has 2 unspecified atom stereocenters. The Kier molecular flexibility index (Phi) is 4.14. The second-order valence-electron chi connectivity index (χ2n) is 5.88. The SMILES string of the molecule is CC(C(=O)N1CCCC(c2cc(C(N)=O)n[nH]2)C1)n1ccnc1. The van der Waals surface area contributed by atoms with Crippen LogP contribution in [0.25, 0.3) is 0 Å². The molecule has 2 atom stereocenters. The van der Waals surface area contributed by atoms with Crippen LogP contribution in [-0.2, 0) is 4.79 Å². The van der Waals surface area contributed by atoms with Crippen LogP contribution in [0.5, 0.6) is 0 Å². The van der Waals surface area contributed by atoms with E-state index in [-0.39, 0.29) is 23.6 Å². The van der Waals surface area contributed by atoms with E-state index in [0.29, 0.717) is 6.54 Å². The number of aromatic nitrogens is 4. The number of H-pyrrole nitrogens is 1. The molecule has 23 heavy (non-hydrogen) atoms. The predicted molar refractivity (Wildman–Crippen MR) is 82.6 cm³/mol. The van der Waals surface area contributed by atoms with Crippen LogP contribution in [0, 0.1) is 0 Å². The number of likely N-dealkylation sites (tertiary alicyclic amines) is 1. The van der Waals surface area contributed by atoms with E-state index in [1.807, 2.05) is 11.8 Å². The van der Waals surface area contributed by atoms with E-state index in [2.05, 4.69) is 15.2 Å². The summed E-state index contributed by atoms with van der Waals surface area (Å²) in [5, 5.41) is 6.79. The van der Waals surface area contributed by atoms with Crippen LogP contribution in [0.15, 0.2) is 24.8 Å². The molecule has 8 heteroatoms. The van der Waals surface area contributed by atoms with Gasteiger partial charge in [-0.05, 0) is 25.8 Å². The molecule has 0 spiro atoms.